The van der Waals surface area contributed by atoms with Gasteiger partial charge >= 0.3 is 17.9 Å². The molecule has 0 aliphatic rings. The van der Waals surface area contributed by atoms with Gasteiger partial charge in [0, 0.05) is 19.0 Å². The van der Waals surface area contributed by atoms with E-state index in [-0.39, 0.29) is 12.8 Å². The van der Waals surface area contributed by atoms with Gasteiger partial charge < -0.3 is 8.92 Å². The van der Waals surface area contributed by atoms with Crippen LogP contribution >= 0.6 is 12.9 Å². The van der Waals surface area contributed by atoms with Crippen LogP contribution in [0.4, 0.5) is 0 Å². The minimum Gasteiger partial charge on any atom is -0.395 e. The maximum Gasteiger partial charge on any atom is 0.337 e. The highest BCUT2D eigenvalue weighted by atomic mass is 32.1. The number of carbonyl (C=O) groups excluding carboxylic acids is 3. The molecule has 6 heteroatoms. The predicted molar refractivity (Wildman–Crippen MR) is 45.6 cm³/mol. The molecule has 0 amide bonds. The lowest BCUT2D eigenvalue weighted by Gasteiger charge is -1.98. The van der Waals surface area contributed by atoms with Crippen LogP contribution in [0.5, 0.6) is 0 Å². The number of carbonyl (C=O) groups is 3. The van der Waals surface area contributed by atoms with Gasteiger partial charge in [-0.3, -0.25) is 9.59 Å². The Bertz CT molecular complexity index is 235. The molecule has 13 heavy (non-hydrogen) atoms. The van der Waals surface area contributed by atoms with E-state index in [1.165, 1.54) is 0 Å². The third kappa shape index (κ3) is 5.92. The SMILES string of the molecule is C=CC(=O)OC(=O)CCC(=O)OS. The Kier molecular flexibility index (Phi) is 5.62. The average molecular weight is 204 g/mol. The van der Waals surface area contributed by atoms with E-state index in [0.29, 0.717) is 0 Å². The number of rotatable bonds is 4. The minimum atomic E-state index is -0.843. The van der Waals surface area contributed by atoms with E-state index in [1.807, 2.05) is 0 Å². The summed E-state index contributed by atoms with van der Waals surface area (Å²) in [4.78, 5) is 31.6. The monoisotopic (exact) mass is 204 g/mol. The number of hydrogen-bond acceptors (Lipinski definition) is 6. The van der Waals surface area contributed by atoms with E-state index in [4.69, 9.17) is 0 Å². The lowest BCUT2D eigenvalue weighted by molar-refractivity contribution is -0.157. The first kappa shape index (κ1) is 11.7. The van der Waals surface area contributed by atoms with Crippen LogP contribution in [0, 0.1) is 0 Å². The highest BCUT2D eigenvalue weighted by Crippen LogP contribution is 1.97. The molecule has 0 aliphatic heterocycles. The first-order chi connectivity index (χ1) is 6.10. The van der Waals surface area contributed by atoms with Crippen molar-refractivity contribution in [2.75, 3.05) is 0 Å². The van der Waals surface area contributed by atoms with E-state index in [0.717, 1.165) is 6.08 Å². The molecule has 0 atom stereocenters. The zero-order valence-electron chi connectivity index (χ0n) is 6.69. The van der Waals surface area contributed by atoms with Gasteiger partial charge in [-0.05, 0) is 0 Å². The molecule has 0 N–H and O–H groups in total. The molecule has 0 aromatic rings. The average Bonchev–Trinajstić information content (AvgIpc) is 2.13. The van der Waals surface area contributed by atoms with Gasteiger partial charge in [-0.1, -0.05) is 6.58 Å². The summed E-state index contributed by atoms with van der Waals surface area (Å²) in [6.07, 6.45) is 0.459. The van der Waals surface area contributed by atoms with Crippen molar-refractivity contribution >= 4 is 30.8 Å². The molecule has 0 saturated heterocycles. The van der Waals surface area contributed by atoms with Crippen molar-refractivity contribution in [3.05, 3.63) is 12.7 Å². The fourth-order valence-electron chi connectivity index (χ4n) is 0.455. The van der Waals surface area contributed by atoms with Crippen LogP contribution in [0.15, 0.2) is 12.7 Å². The topological polar surface area (TPSA) is 69.7 Å². The molecule has 0 rings (SSSR count). The maximum absolute atomic E-state index is 10.7. The Labute approximate surface area is 80.3 Å². The highest BCUT2D eigenvalue weighted by molar-refractivity contribution is 7.75. The van der Waals surface area contributed by atoms with Gasteiger partial charge in [0.05, 0.1) is 12.8 Å². The second-order valence-corrected chi connectivity index (χ2v) is 2.14. The normalized spacial score (nSPS) is 8.69. The van der Waals surface area contributed by atoms with Gasteiger partial charge in [-0.15, -0.1) is 0 Å². The summed E-state index contributed by atoms with van der Waals surface area (Å²) in [5.74, 6) is -2.31. The molecule has 0 saturated carbocycles. The fourth-order valence-corrected chi connectivity index (χ4v) is 0.546. The standard InChI is InChI=1S/C7H8O5S/c1-2-5(8)11-6(9)3-4-7(10)12-13/h2,13H,1,3-4H2. The van der Waals surface area contributed by atoms with Crippen LogP contribution in [0.1, 0.15) is 12.8 Å². The first-order valence-electron chi connectivity index (χ1n) is 3.31. The Morgan fingerprint density at radius 3 is 2.23 bits per heavy atom. The van der Waals surface area contributed by atoms with Gasteiger partial charge in [0.15, 0.2) is 0 Å². The predicted octanol–water partition coefficient (Wildman–Crippen LogP) is 0.410. The van der Waals surface area contributed by atoms with Gasteiger partial charge in [-0.2, -0.15) is 0 Å². The van der Waals surface area contributed by atoms with Crippen molar-refractivity contribution in [3.8, 4) is 0 Å². The van der Waals surface area contributed by atoms with E-state index < -0.39 is 17.9 Å². The third-order valence-electron chi connectivity index (χ3n) is 1.02. The zero-order chi connectivity index (χ0) is 10.3. The number of ether oxygens (including phenoxy) is 1. The Morgan fingerprint density at radius 2 is 1.77 bits per heavy atom. The molecular formula is C7H8O5S. The molecule has 0 aromatic heterocycles. The quantitative estimate of drug-likeness (QED) is 0.236. The number of thiol groups is 1. The summed E-state index contributed by atoms with van der Waals surface area (Å²) in [5, 5.41) is 0. The second kappa shape index (κ2) is 6.24. The maximum atomic E-state index is 10.7. The lowest BCUT2D eigenvalue weighted by atomic mass is 10.3. The smallest absolute Gasteiger partial charge is 0.337 e. The highest BCUT2D eigenvalue weighted by Gasteiger charge is 2.10. The van der Waals surface area contributed by atoms with Crippen LogP contribution in [0.3, 0.4) is 0 Å². The van der Waals surface area contributed by atoms with Crippen molar-refractivity contribution in [3.63, 3.8) is 0 Å². The Balaban J connectivity index is 3.69. The van der Waals surface area contributed by atoms with Crippen molar-refractivity contribution in [2.45, 2.75) is 12.8 Å². The van der Waals surface area contributed by atoms with Crippen LogP contribution < -0.4 is 0 Å². The van der Waals surface area contributed by atoms with Crippen molar-refractivity contribution < 1.29 is 23.3 Å². The van der Waals surface area contributed by atoms with Gasteiger partial charge in [0.1, 0.15) is 0 Å². The molecule has 0 bridgehead atoms. The van der Waals surface area contributed by atoms with Gasteiger partial charge in [0.25, 0.3) is 0 Å². The number of hydrogen-bond donors (Lipinski definition) is 1. The molecule has 72 valence electrons. The summed E-state index contributed by atoms with van der Waals surface area (Å²) >= 11 is 3.22. The summed E-state index contributed by atoms with van der Waals surface area (Å²) < 4.78 is 8.14. The van der Waals surface area contributed by atoms with Crippen LogP contribution in [0.25, 0.3) is 0 Å². The molecule has 0 aliphatic carbocycles. The second-order valence-electron chi connectivity index (χ2n) is 1.96. The Hall–Kier alpha value is -1.30. The molecular weight excluding hydrogens is 196 g/mol. The summed E-state index contributed by atoms with van der Waals surface area (Å²) in [5.41, 5.74) is 0. The largest absolute Gasteiger partial charge is 0.395 e. The summed E-state index contributed by atoms with van der Waals surface area (Å²) in [6.45, 7) is 3.09. The minimum absolute atomic E-state index is 0.174. The summed E-state index contributed by atoms with van der Waals surface area (Å²) in [6, 6.07) is 0. The van der Waals surface area contributed by atoms with Crippen molar-refractivity contribution in [1.82, 2.24) is 0 Å². The lowest BCUT2D eigenvalue weighted by Crippen LogP contribution is -2.11. The van der Waals surface area contributed by atoms with E-state index in [9.17, 15) is 14.4 Å². The molecule has 0 radical (unpaired) electrons. The van der Waals surface area contributed by atoms with E-state index >= 15 is 0 Å². The van der Waals surface area contributed by atoms with Gasteiger partial charge in [0.2, 0.25) is 0 Å². The number of esters is 2. The fraction of sp³-hybridized carbons (Fsp3) is 0.286. The van der Waals surface area contributed by atoms with Crippen LogP contribution in [-0.4, -0.2) is 17.9 Å². The van der Waals surface area contributed by atoms with E-state index in [2.05, 4.69) is 28.4 Å². The zero-order valence-corrected chi connectivity index (χ0v) is 7.58. The molecule has 0 spiro atoms. The van der Waals surface area contributed by atoms with Crippen molar-refractivity contribution in [1.29, 1.82) is 0 Å². The molecule has 0 fully saturated rings. The molecule has 0 unspecified atom stereocenters. The van der Waals surface area contributed by atoms with Crippen molar-refractivity contribution in [2.24, 2.45) is 0 Å². The molecule has 5 nitrogen and oxygen atoms in total. The van der Waals surface area contributed by atoms with Crippen LogP contribution in [0.2, 0.25) is 0 Å². The molecule has 0 heterocycles. The van der Waals surface area contributed by atoms with E-state index in [1.54, 1.807) is 0 Å². The summed E-state index contributed by atoms with van der Waals surface area (Å²) in [7, 11) is 0. The third-order valence-corrected chi connectivity index (χ3v) is 1.22. The Morgan fingerprint density at radius 1 is 1.23 bits per heavy atom. The van der Waals surface area contributed by atoms with Gasteiger partial charge in [-0.25, -0.2) is 4.79 Å². The molecule has 0 aromatic carbocycles. The first-order valence-corrected chi connectivity index (χ1v) is 3.68. The van der Waals surface area contributed by atoms with Crippen LogP contribution in [-0.2, 0) is 23.3 Å².